The molecule has 0 aliphatic carbocycles. The lowest BCUT2D eigenvalue weighted by atomic mass is 9.98. The van der Waals surface area contributed by atoms with E-state index in [4.69, 9.17) is 0 Å². The monoisotopic (exact) mass is 246 g/mol. The van der Waals surface area contributed by atoms with Crippen LogP contribution in [0.4, 0.5) is 0 Å². The molecule has 1 aromatic carbocycles. The maximum atomic E-state index is 12.0. The van der Waals surface area contributed by atoms with Crippen LogP contribution >= 0.6 is 0 Å². The van der Waals surface area contributed by atoms with Gasteiger partial charge in [-0.25, -0.2) is 0 Å². The fraction of sp³-hybridized carbons (Fsp3) is 0.533. The van der Waals surface area contributed by atoms with Crippen LogP contribution in [-0.4, -0.2) is 12.5 Å². The molecule has 0 aromatic heterocycles. The molecular weight excluding hydrogens is 224 g/mol. The van der Waals surface area contributed by atoms with Crippen LogP contribution in [0, 0.1) is 11.8 Å². The van der Waals surface area contributed by atoms with Crippen molar-refractivity contribution < 1.29 is 4.79 Å². The highest BCUT2D eigenvalue weighted by Gasteiger charge is 2.14. The van der Waals surface area contributed by atoms with Crippen LogP contribution in [0.2, 0.25) is 0 Å². The Hall–Kier alpha value is -1.35. The van der Waals surface area contributed by atoms with E-state index in [-0.39, 0.29) is 5.91 Å². The molecule has 1 heterocycles. The van der Waals surface area contributed by atoms with Gasteiger partial charge in [0.1, 0.15) is 0 Å². The van der Waals surface area contributed by atoms with Gasteiger partial charge in [-0.05, 0) is 35.1 Å². The van der Waals surface area contributed by atoms with Crippen LogP contribution in [0.3, 0.4) is 0 Å². The first-order valence-electron chi connectivity index (χ1n) is 6.68. The molecule has 1 aliphatic rings. The lowest BCUT2D eigenvalue weighted by Crippen LogP contribution is -2.30. The van der Waals surface area contributed by atoms with Crippen molar-refractivity contribution in [1.82, 2.24) is 10.6 Å². The van der Waals surface area contributed by atoms with Crippen molar-refractivity contribution in [3.05, 3.63) is 34.9 Å². The molecule has 1 aromatic rings. The summed E-state index contributed by atoms with van der Waals surface area (Å²) in [6.45, 7) is 9.06. The molecule has 1 unspecified atom stereocenters. The molecule has 0 radical (unpaired) electrons. The lowest BCUT2D eigenvalue weighted by molar-refractivity contribution is 0.0945. The van der Waals surface area contributed by atoms with Crippen molar-refractivity contribution in [2.24, 2.45) is 11.8 Å². The number of fused-ring (bicyclic) bond motifs is 1. The maximum Gasteiger partial charge on any atom is 0.251 e. The van der Waals surface area contributed by atoms with Crippen LogP contribution in [0.5, 0.6) is 0 Å². The molecule has 98 valence electrons. The van der Waals surface area contributed by atoms with Gasteiger partial charge in [0, 0.05) is 25.2 Å². The summed E-state index contributed by atoms with van der Waals surface area (Å²) in [7, 11) is 0. The molecule has 2 N–H and O–H groups in total. The van der Waals surface area contributed by atoms with Gasteiger partial charge in [0.25, 0.3) is 5.91 Å². The average Bonchev–Trinajstić information content (AvgIpc) is 2.82. The molecule has 0 bridgehead atoms. The van der Waals surface area contributed by atoms with E-state index in [1.54, 1.807) is 0 Å². The Morgan fingerprint density at radius 3 is 2.72 bits per heavy atom. The van der Waals surface area contributed by atoms with Crippen molar-refractivity contribution in [2.75, 3.05) is 6.54 Å². The first kappa shape index (κ1) is 13.1. The molecular formula is C15H22N2O. The standard InChI is InChI=1S/C15H22N2O/c1-10(2)11(3)7-17-15(18)12-4-5-13-8-16-9-14(13)6-12/h4-6,10-11,16H,7-9H2,1-3H3,(H,17,18). The van der Waals surface area contributed by atoms with Gasteiger partial charge in [-0.3, -0.25) is 4.79 Å². The third-order valence-electron chi connectivity index (χ3n) is 3.82. The maximum absolute atomic E-state index is 12.0. The molecule has 0 fully saturated rings. The second-order valence-electron chi connectivity index (χ2n) is 5.52. The third-order valence-corrected chi connectivity index (χ3v) is 3.82. The summed E-state index contributed by atoms with van der Waals surface area (Å²) >= 11 is 0. The summed E-state index contributed by atoms with van der Waals surface area (Å²) in [5.74, 6) is 1.14. The molecule has 3 heteroatoms. The molecule has 3 nitrogen and oxygen atoms in total. The average molecular weight is 246 g/mol. The van der Waals surface area contributed by atoms with Crippen molar-refractivity contribution in [2.45, 2.75) is 33.9 Å². The zero-order valence-electron chi connectivity index (χ0n) is 11.4. The van der Waals surface area contributed by atoms with E-state index >= 15 is 0 Å². The Balaban J connectivity index is 1.97. The molecule has 1 aliphatic heterocycles. The fourth-order valence-electron chi connectivity index (χ4n) is 2.03. The van der Waals surface area contributed by atoms with E-state index < -0.39 is 0 Å². The molecule has 1 atom stereocenters. The highest BCUT2D eigenvalue weighted by atomic mass is 16.1. The zero-order chi connectivity index (χ0) is 13.1. The molecule has 0 saturated carbocycles. The number of benzene rings is 1. The van der Waals surface area contributed by atoms with Gasteiger partial charge in [-0.1, -0.05) is 26.8 Å². The van der Waals surface area contributed by atoms with E-state index in [0.717, 1.165) is 25.2 Å². The van der Waals surface area contributed by atoms with Crippen LogP contribution < -0.4 is 10.6 Å². The van der Waals surface area contributed by atoms with Gasteiger partial charge in [0.15, 0.2) is 0 Å². The number of carbonyl (C=O) groups is 1. The largest absolute Gasteiger partial charge is 0.352 e. The second-order valence-corrected chi connectivity index (χ2v) is 5.52. The normalized spacial score (nSPS) is 15.6. The first-order chi connectivity index (χ1) is 8.58. The molecule has 18 heavy (non-hydrogen) atoms. The molecule has 0 spiro atoms. The van der Waals surface area contributed by atoms with E-state index in [9.17, 15) is 4.79 Å². The summed E-state index contributed by atoms with van der Waals surface area (Å²) in [5, 5.41) is 6.30. The van der Waals surface area contributed by atoms with E-state index in [0.29, 0.717) is 11.8 Å². The van der Waals surface area contributed by atoms with Gasteiger partial charge >= 0.3 is 0 Å². The Kier molecular flexibility index (Phi) is 4.02. The second kappa shape index (κ2) is 5.53. The topological polar surface area (TPSA) is 41.1 Å². The van der Waals surface area contributed by atoms with Crippen molar-refractivity contribution >= 4 is 5.91 Å². The summed E-state index contributed by atoms with van der Waals surface area (Å²) < 4.78 is 0. The molecule has 0 saturated heterocycles. The quantitative estimate of drug-likeness (QED) is 0.856. The van der Waals surface area contributed by atoms with Crippen LogP contribution in [0.1, 0.15) is 42.3 Å². The first-order valence-corrected chi connectivity index (χ1v) is 6.68. The van der Waals surface area contributed by atoms with Gasteiger partial charge in [-0.15, -0.1) is 0 Å². The van der Waals surface area contributed by atoms with Crippen LogP contribution in [-0.2, 0) is 13.1 Å². The Labute approximate surface area is 109 Å². The van der Waals surface area contributed by atoms with E-state index in [1.807, 2.05) is 12.1 Å². The van der Waals surface area contributed by atoms with Gasteiger partial charge in [-0.2, -0.15) is 0 Å². The minimum atomic E-state index is 0.0391. The number of amides is 1. The van der Waals surface area contributed by atoms with Crippen molar-refractivity contribution in [1.29, 1.82) is 0 Å². The number of nitrogens with one attached hydrogen (secondary N) is 2. The minimum absolute atomic E-state index is 0.0391. The van der Waals surface area contributed by atoms with Gasteiger partial charge < -0.3 is 10.6 Å². The predicted molar refractivity (Wildman–Crippen MR) is 73.3 cm³/mol. The summed E-state index contributed by atoms with van der Waals surface area (Å²) in [6, 6.07) is 5.97. The molecule has 1 amide bonds. The van der Waals surface area contributed by atoms with Gasteiger partial charge in [0.05, 0.1) is 0 Å². The number of carbonyl (C=O) groups excluding carboxylic acids is 1. The van der Waals surface area contributed by atoms with E-state index in [2.05, 4.69) is 37.5 Å². The number of rotatable bonds is 4. The highest BCUT2D eigenvalue weighted by molar-refractivity contribution is 5.94. The predicted octanol–water partition coefficient (Wildman–Crippen LogP) is 2.31. The highest BCUT2D eigenvalue weighted by Crippen LogP contribution is 2.17. The smallest absolute Gasteiger partial charge is 0.251 e. The fourth-order valence-corrected chi connectivity index (χ4v) is 2.03. The Bertz CT molecular complexity index is 440. The summed E-state index contributed by atoms with van der Waals surface area (Å²) in [6.07, 6.45) is 0. The van der Waals surface area contributed by atoms with Crippen molar-refractivity contribution in [3.63, 3.8) is 0 Å². The Morgan fingerprint density at radius 2 is 2.00 bits per heavy atom. The van der Waals surface area contributed by atoms with Gasteiger partial charge in [0.2, 0.25) is 0 Å². The van der Waals surface area contributed by atoms with Crippen LogP contribution in [0.25, 0.3) is 0 Å². The van der Waals surface area contributed by atoms with E-state index in [1.165, 1.54) is 11.1 Å². The third kappa shape index (κ3) is 2.91. The minimum Gasteiger partial charge on any atom is -0.352 e. The molecule has 2 rings (SSSR count). The Morgan fingerprint density at radius 1 is 1.28 bits per heavy atom. The summed E-state index contributed by atoms with van der Waals surface area (Å²) in [4.78, 5) is 12.0. The zero-order valence-corrected chi connectivity index (χ0v) is 11.4. The van der Waals surface area contributed by atoms with Crippen LogP contribution in [0.15, 0.2) is 18.2 Å². The number of hydrogen-bond acceptors (Lipinski definition) is 2. The summed E-state index contributed by atoms with van der Waals surface area (Å²) in [5.41, 5.74) is 3.33. The van der Waals surface area contributed by atoms with Crippen molar-refractivity contribution in [3.8, 4) is 0 Å². The number of hydrogen-bond donors (Lipinski definition) is 2. The lowest BCUT2D eigenvalue weighted by Gasteiger charge is -2.16. The SMILES string of the molecule is CC(C)C(C)CNC(=O)c1ccc2c(c1)CNC2.